The average molecular weight is 374 g/mol. The maximum Gasteiger partial charge on any atom is 0.258 e. The fourth-order valence-corrected chi connectivity index (χ4v) is 3.60. The van der Waals surface area contributed by atoms with Gasteiger partial charge in [-0.2, -0.15) is 0 Å². The first-order valence-corrected chi connectivity index (χ1v) is 8.71. The third-order valence-electron chi connectivity index (χ3n) is 4.19. The first-order valence-electron chi connectivity index (χ1n) is 7.92. The van der Waals surface area contributed by atoms with Crippen molar-refractivity contribution in [2.24, 2.45) is 0 Å². The highest BCUT2D eigenvalue weighted by Gasteiger charge is 2.14. The maximum atomic E-state index is 12.1. The van der Waals surface area contributed by atoms with E-state index in [1.165, 1.54) is 17.5 Å². The summed E-state index contributed by atoms with van der Waals surface area (Å²) < 4.78 is 6.63. The molecule has 2 aromatic rings. The average Bonchev–Trinajstić information content (AvgIpc) is 3.01. The smallest absolute Gasteiger partial charge is 0.258 e. The predicted octanol–water partition coefficient (Wildman–Crippen LogP) is 4.19. The van der Waals surface area contributed by atoms with E-state index in [4.69, 9.17) is 4.74 Å². The van der Waals surface area contributed by atoms with E-state index in [1.54, 1.807) is 0 Å². The highest BCUT2D eigenvalue weighted by atomic mass is 79.9. The molecule has 120 valence electrons. The second-order valence-electron chi connectivity index (χ2n) is 5.88. The minimum Gasteiger partial charge on any atom is -0.484 e. The number of hydrogen-bond acceptors (Lipinski definition) is 2. The fourth-order valence-electron chi connectivity index (χ4n) is 2.97. The van der Waals surface area contributed by atoms with Gasteiger partial charge in [0.2, 0.25) is 0 Å². The molecule has 1 atom stereocenters. The highest BCUT2D eigenvalue weighted by molar-refractivity contribution is 9.10. The largest absolute Gasteiger partial charge is 0.484 e. The normalized spacial score (nSPS) is 14.2. The van der Waals surface area contributed by atoms with Crippen LogP contribution in [0.5, 0.6) is 5.75 Å². The van der Waals surface area contributed by atoms with Crippen molar-refractivity contribution in [1.82, 2.24) is 5.32 Å². The number of nitrogens with one attached hydrogen (secondary N) is 1. The number of fused-ring (bicyclic) bond motifs is 1. The number of ether oxygens (including phenoxy) is 1. The van der Waals surface area contributed by atoms with Crippen molar-refractivity contribution in [2.45, 2.75) is 32.2 Å². The molecule has 0 saturated heterocycles. The maximum absolute atomic E-state index is 12.1. The van der Waals surface area contributed by atoms with Gasteiger partial charge < -0.3 is 10.1 Å². The van der Waals surface area contributed by atoms with Crippen LogP contribution in [-0.4, -0.2) is 12.5 Å². The Balaban J connectivity index is 1.54. The van der Waals surface area contributed by atoms with E-state index < -0.39 is 0 Å². The molecule has 1 N–H and O–H groups in total. The van der Waals surface area contributed by atoms with Gasteiger partial charge in [0, 0.05) is 4.47 Å². The van der Waals surface area contributed by atoms with Gasteiger partial charge in [-0.25, -0.2) is 0 Å². The molecule has 1 amide bonds. The van der Waals surface area contributed by atoms with E-state index in [0.29, 0.717) is 0 Å². The quantitative estimate of drug-likeness (QED) is 0.852. The molecule has 1 aliphatic rings. The van der Waals surface area contributed by atoms with Crippen molar-refractivity contribution in [2.75, 3.05) is 6.61 Å². The summed E-state index contributed by atoms with van der Waals surface area (Å²) >= 11 is 3.51. The lowest BCUT2D eigenvalue weighted by molar-refractivity contribution is -0.123. The number of amides is 1. The summed E-state index contributed by atoms with van der Waals surface area (Å²) in [5, 5.41) is 2.97. The zero-order valence-corrected chi connectivity index (χ0v) is 14.7. The highest BCUT2D eigenvalue weighted by Crippen LogP contribution is 2.26. The van der Waals surface area contributed by atoms with Crippen molar-refractivity contribution in [3.8, 4) is 5.75 Å². The lowest BCUT2D eigenvalue weighted by Gasteiger charge is -2.16. The lowest BCUT2D eigenvalue weighted by atomic mass is 10.1. The molecule has 2 aromatic carbocycles. The molecule has 1 aliphatic carbocycles. The molecule has 0 radical (unpaired) electrons. The molecule has 3 rings (SSSR count). The molecule has 1 unspecified atom stereocenters. The minimum atomic E-state index is -0.117. The molecule has 0 aliphatic heterocycles. The number of carbonyl (C=O) groups is 1. The van der Waals surface area contributed by atoms with E-state index in [1.807, 2.05) is 37.3 Å². The first kappa shape index (κ1) is 16.1. The van der Waals surface area contributed by atoms with Crippen LogP contribution in [0.1, 0.15) is 36.1 Å². The van der Waals surface area contributed by atoms with Crippen molar-refractivity contribution < 1.29 is 9.53 Å². The predicted molar refractivity (Wildman–Crippen MR) is 94.7 cm³/mol. The zero-order valence-electron chi connectivity index (χ0n) is 13.1. The molecule has 0 saturated carbocycles. The summed E-state index contributed by atoms with van der Waals surface area (Å²) in [7, 11) is 0. The first-order chi connectivity index (χ1) is 11.1. The second kappa shape index (κ2) is 7.18. The van der Waals surface area contributed by atoms with Crippen LogP contribution >= 0.6 is 15.9 Å². The lowest BCUT2D eigenvalue weighted by Crippen LogP contribution is -2.31. The summed E-state index contributed by atoms with van der Waals surface area (Å²) in [6, 6.07) is 13.9. The van der Waals surface area contributed by atoms with Gasteiger partial charge in [0.1, 0.15) is 5.75 Å². The van der Waals surface area contributed by atoms with Gasteiger partial charge in [0.25, 0.3) is 5.91 Å². The van der Waals surface area contributed by atoms with Crippen LogP contribution in [-0.2, 0) is 17.6 Å². The van der Waals surface area contributed by atoms with Crippen LogP contribution in [0.2, 0.25) is 0 Å². The molecular weight excluding hydrogens is 354 g/mol. The molecule has 23 heavy (non-hydrogen) atoms. The van der Waals surface area contributed by atoms with E-state index in [9.17, 15) is 4.79 Å². The van der Waals surface area contributed by atoms with Gasteiger partial charge in [0.15, 0.2) is 6.61 Å². The summed E-state index contributed by atoms with van der Waals surface area (Å²) in [6.45, 7) is 2.00. The molecular formula is C19H20BrNO2. The van der Waals surface area contributed by atoms with Crippen molar-refractivity contribution in [3.05, 3.63) is 63.6 Å². The van der Waals surface area contributed by atoms with Gasteiger partial charge in [-0.1, -0.05) is 40.2 Å². The summed E-state index contributed by atoms with van der Waals surface area (Å²) in [6.07, 6.45) is 3.47. The molecule has 0 aromatic heterocycles. The van der Waals surface area contributed by atoms with Crippen LogP contribution in [0, 0.1) is 0 Å². The van der Waals surface area contributed by atoms with Crippen LogP contribution in [0.4, 0.5) is 0 Å². The van der Waals surface area contributed by atoms with Gasteiger partial charge >= 0.3 is 0 Å². The molecule has 0 fully saturated rings. The standard InChI is InChI=1S/C19H20BrNO2/c1-13(17-7-2-3-8-18(17)20)21-19(22)12-23-16-10-9-14-5-4-6-15(14)11-16/h2-3,7-11,13H,4-6,12H2,1H3,(H,21,22). The van der Waals surface area contributed by atoms with E-state index in [2.05, 4.69) is 33.4 Å². The van der Waals surface area contributed by atoms with Crippen molar-refractivity contribution in [1.29, 1.82) is 0 Å². The van der Waals surface area contributed by atoms with Crippen molar-refractivity contribution in [3.63, 3.8) is 0 Å². The number of hydrogen-bond donors (Lipinski definition) is 1. The van der Waals surface area contributed by atoms with E-state index >= 15 is 0 Å². The SMILES string of the molecule is CC(NC(=O)COc1ccc2c(c1)CCC2)c1ccccc1Br. The fraction of sp³-hybridized carbons (Fsp3) is 0.316. The molecule has 0 bridgehead atoms. The van der Waals surface area contributed by atoms with Crippen molar-refractivity contribution >= 4 is 21.8 Å². The van der Waals surface area contributed by atoms with Gasteiger partial charge in [-0.3, -0.25) is 4.79 Å². The Morgan fingerprint density at radius 1 is 1.22 bits per heavy atom. The zero-order chi connectivity index (χ0) is 16.2. The Morgan fingerprint density at radius 3 is 2.83 bits per heavy atom. The Kier molecular flexibility index (Phi) is 5.01. The van der Waals surface area contributed by atoms with E-state index in [-0.39, 0.29) is 18.6 Å². The Morgan fingerprint density at radius 2 is 2.00 bits per heavy atom. The van der Waals surface area contributed by atoms with E-state index in [0.717, 1.165) is 28.6 Å². The second-order valence-corrected chi connectivity index (χ2v) is 6.74. The van der Waals surface area contributed by atoms with Gasteiger partial charge in [-0.05, 0) is 61.1 Å². The van der Waals surface area contributed by atoms with Crippen LogP contribution in [0.15, 0.2) is 46.9 Å². The Hall–Kier alpha value is -1.81. The molecule has 3 nitrogen and oxygen atoms in total. The minimum absolute atomic E-state index is 0.0353. The summed E-state index contributed by atoms with van der Waals surface area (Å²) in [4.78, 5) is 12.1. The monoisotopic (exact) mass is 373 g/mol. The van der Waals surface area contributed by atoms with Crippen LogP contribution < -0.4 is 10.1 Å². The number of halogens is 1. The number of rotatable bonds is 5. The third kappa shape index (κ3) is 3.94. The third-order valence-corrected chi connectivity index (χ3v) is 4.91. The van der Waals surface area contributed by atoms with Gasteiger partial charge in [-0.15, -0.1) is 0 Å². The van der Waals surface area contributed by atoms with Crippen LogP contribution in [0.25, 0.3) is 0 Å². The number of aryl methyl sites for hydroxylation is 2. The molecule has 0 heterocycles. The Bertz CT molecular complexity index is 714. The van der Waals surface area contributed by atoms with Crippen LogP contribution in [0.3, 0.4) is 0 Å². The Labute approximate surface area is 145 Å². The molecule has 0 spiro atoms. The number of benzene rings is 2. The summed E-state index contributed by atoms with van der Waals surface area (Å²) in [5.74, 6) is 0.656. The number of carbonyl (C=O) groups excluding carboxylic acids is 1. The topological polar surface area (TPSA) is 38.3 Å². The molecule has 4 heteroatoms. The summed E-state index contributed by atoms with van der Waals surface area (Å²) in [5.41, 5.74) is 3.81. The van der Waals surface area contributed by atoms with Gasteiger partial charge in [0.05, 0.1) is 6.04 Å².